The van der Waals surface area contributed by atoms with Crippen LogP contribution in [0.5, 0.6) is 17.2 Å². The van der Waals surface area contributed by atoms with E-state index in [0.29, 0.717) is 18.8 Å². The number of rotatable bonds is 4. The fourth-order valence-electron chi connectivity index (χ4n) is 4.90. The van der Waals surface area contributed by atoms with Crippen molar-refractivity contribution >= 4 is 16.7 Å². The first-order chi connectivity index (χ1) is 15.4. The molecule has 0 radical (unpaired) electrons. The Morgan fingerprint density at radius 2 is 1.97 bits per heavy atom. The van der Waals surface area contributed by atoms with E-state index in [2.05, 4.69) is 43.4 Å². The first-order valence-corrected chi connectivity index (χ1v) is 11.2. The summed E-state index contributed by atoms with van der Waals surface area (Å²) in [4.78, 5) is 13.3. The van der Waals surface area contributed by atoms with E-state index in [1.165, 1.54) is 0 Å². The second-order valence-corrected chi connectivity index (χ2v) is 9.37. The van der Waals surface area contributed by atoms with Crippen molar-refractivity contribution in [3.05, 3.63) is 65.2 Å². The van der Waals surface area contributed by atoms with Crippen molar-refractivity contribution < 1.29 is 19.0 Å². The van der Waals surface area contributed by atoms with Crippen LogP contribution in [0.25, 0.3) is 10.8 Å². The third kappa shape index (κ3) is 3.56. The van der Waals surface area contributed by atoms with Crippen molar-refractivity contribution in [2.75, 3.05) is 13.7 Å². The van der Waals surface area contributed by atoms with Crippen molar-refractivity contribution in [2.24, 2.45) is 0 Å². The monoisotopic (exact) mass is 431 g/mol. The summed E-state index contributed by atoms with van der Waals surface area (Å²) in [7, 11) is 1.65. The molecule has 0 spiro atoms. The molecule has 2 atom stereocenters. The Morgan fingerprint density at radius 1 is 1.16 bits per heavy atom. The van der Waals surface area contributed by atoms with Crippen LogP contribution in [0.4, 0.5) is 0 Å². The van der Waals surface area contributed by atoms with E-state index in [0.717, 1.165) is 45.4 Å². The van der Waals surface area contributed by atoms with Gasteiger partial charge in [0.25, 0.3) is 0 Å². The number of nitrogens with one attached hydrogen (secondary N) is 1. The number of carbonyl (C=O) groups is 1. The molecule has 0 aliphatic carbocycles. The Balaban J connectivity index is 1.41. The predicted octanol–water partition coefficient (Wildman–Crippen LogP) is 5.31. The second-order valence-electron chi connectivity index (χ2n) is 9.37. The average molecular weight is 432 g/mol. The molecule has 5 heteroatoms. The average Bonchev–Trinajstić information content (AvgIpc) is 3.11. The van der Waals surface area contributed by atoms with Crippen LogP contribution >= 0.6 is 0 Å². The van der Waals surface area contributed by atoms with Gasteiger partial charge in [0, 0.05) is 22.9 Å². The molecule has 0 bridgehead atoms. The molecule has 0 fully saturated rings. The second kappa shape index (κ2) is 7.73. The van der Waals surface area contributed by atoms with E-state index in [4.69, 9.17) is 14.2 Å². The van der Waals surface area contributed by atoms with Gasteiger partial charge in [0.2, 0.25) is 5.91 Å². The summed E-state index contributed by atoms with van der Waals surface area (Å²) in [6, 6.07) is 16.2. The van der Waals surface area contributed by atoms with Gasteiger partial charge in [-0.25, -0.2) is 0 Å². The lowest BCUT2D eigenvalue weighted by atomic mass is 9.89. The molecule has 5 rings (SSSR count). The van der Waals surface area contributed by atoms with Crippen molar-refractivity contribution in [2.45, 2.75) is 51.2 Å². The summed E-state index contributed by atoms with van der Waals surface area (Å²) in [5.74, 6) is 2.15. The van der Waals surface area contributed by atoms with Gasteiger partial charge < -0.3 is 19.5 Å². The summed E-state index contributed by atoms with van der Waals surface area (Å²) in [5, 5.41) is 5.41. The molecule has 2 heterocycles. The zero-order valence-electron chi connectivity index (χ0n) is 19.0. The Hall–Kier alpha value is -3.21. The van der Waals surface area contributed by atoms with Crippen molar-refractivity contribution in [1.82, 2.24) is 5.32 Å². The normalized spacial score (nSPS) is 19.3. The third-order valence-corrected chi connectivity index (χ3v) is 6.48. The van der Waals surface area contributed by atoms with Crippen LogP contribution in [0.15, 0.2) is 48.5 Å². The molecule has 1 N–H and O–H groups in total. The van der Waals surface area contributed by atoms with Gasteiger partial charge in [0.1, 0.15) is 11.4 Å². The van der Waals surface area contributed by atoms with Gasteiger partial charge in [-0.3, -0.25) is 4.79 Å². The first kappa shape index (κ1) is 20.7. The van der Waals surface area contributed by atoms with E-state index in [9.17, 15) is 4.79 Å². The minimum Gasteiger partial charge on any atom is -0.493 e. The number of hydrogen-bond acceptors (Lipinski definition) is 4. The third-order valence-electron chi connectivity index (χ3n) is 6.48. The quantitative estimate of drug-likeness (QED) is 0.609. The van der Waals surface area contributed by atoms with Crippen LogP contribution in [0, 0.1) is 0 Å². The van der Waals surface area contributed by atoms with Crippen LogP contribution in [0.1, 0.15) is 55.8 Å². The van der Waals surface area contributed by atoms with E-state index in [1.807, 2.05) is 31.2 Å². The lowest BCUT2D eigenvalue weighted by Gasteiger charge is -2.28. The Morgan fingerprint density at radius 3 is 2.78 bits per heavy atom. The van der Waals surface area contributed by atoms with Crippen LogP contribution in [-0.4, -0.2) is 25.2 Å². The standard InChI is InChI=1S/C27H29NO4/c1-16(18-13-19-15-27(2,3)32-24(19)23(14-18)30-4)28-26(29)22-11-12-31-25-20-8-6-5-7-17(20)9-10-21(22)25/h5-10,13-14,16,22H,11-12,15H2,1-4H3,(H,28,29). The Labute approximate surface area is 188 Å². The number of fused-ring (bicyclic) bond motifs is 4. The fourth-order valence-corrected chi connectivity index (χ4v) is 4.90. The molecule has 3 aromatic rings. The maximum absolute atomic E-state index is 13.3. The minimum atomic E-state index is -0.255. The molecule has 3 aromatic carbocycles. The molecule has 0 aromatic heterocycles. The minimum absolute atomic E-state index is 0.0216. The zero-order chi connectivity index (χ0) is 22.5. The molecular weight excluding hydrogens is 402 g/mol. The summed E-state index contributed by atoms with van der Waals surface area (Å²) in [6.45, 7) is 6.69. The number of carbonyl (C=O) groups excluding carboxylic acids is 1. The van der Waals surface area contributed by atoms with Crippen LogP contribution < -0.4 is 19.5 Å². The van der Waals surface area contributed by atoms with Crippen molar-refractivity contribution in [3.8, 4) is 17.2 Å². The molecular formula is C27H29NO4. The van der Waals surface area contributed by atoms with E-state index in [1.54, 1.807) is 7.11 Å². The van der Waals surface area contributed by atoms with Crippen LogP contribution in [-0.2, 0) is 11.2 Å². The zero-order valence-corrected chi connectivity index (χ0v) is 19.0. The van der Waals surface area contributed by atoms with E-state index >= 15 is 0 Å². The predicted molar refractivity (Wildman–Crippen MR) is 125 cm³/mol. The maximum Gasteiger partial charge on any atom is 0.228 e. The summed E-state index contributed by atoms with van der Waals surface area (Å²) >= 11 is 0. The molecule has 166 valence electrons. The molecule has 32 heavy (non-hydrogen) atoms. The Kier molecular flexibility index (Phi) is 5.00. The first-order valence-electron chi connectivity index (χ1n) is 11.2. The van der Waals surface area contributed by atoms with Crippen molar-refractivity contribution in [1.29, 1.82) is 0 Å². The van der Waals surface area contributed by atoms with Gasteiger partial charge in [0.15, 0.2) is 11.5 Å². The van der Waals surface area contributed by atoms with Crippen LogP contribution in [0.3, 0.4) is 0 Å². The molecule has 2 unspecified atom stereocenters. The highest BCUT2D eigenvalue weighted by Gasteiger charge is 2.34. The fraction of sp³-hybridized carbons (Fsp3) is 0.370. The highest BCUT2D eigenvalue weighted by Crippen LogP contribution is 2.44. The maximum atomic E-state index is 13.3. The topological polar surface area (TPSA) is 56.8 Å². The number of benzene rings is 3. The van der Waals surface area contributed by atoms with E-state index in [-0.39, 0.29) is 23.5 Å². The van der Waals surface area contributed by atoms with Gasteiger partial charge in [-0.1, -0.05) is 36.4 Å². The molecule has 2 aliphatic rings. The number of hydrogen-bond donors (Lipinski definition) is 1. The SMILES string of the molecule is COc1cc(C(C)NC(=O)C2CCOc3c2ccc2ccccc32)cc2c1OC(C)(C)C2. The largest absolute Gasteiger partial charge is 0.493 e. The van der Waals surface area contributed by atoms with E-state index < -0.39 is 0 Å². The van der Waals surface area contributed by atoms with Gasteiger partial charge in [-0.05, 0) is 50.3 Å². The van der Waals surface area contributed by atoms with Crippen molar-refractivity contribution in [3.63, 3.8) is 0 Å². The molecule has 1 amide bonds. The summed E-state index contributed by atoms with van der Waals surface area (Å²) in [6.07, 6.45) is 1.48. The molecule has 5 nitrogen and oxygen atoms in total. The van der Waals surface area contributed by atoms with Gasteiger partial charge in [-0.15, -0.1) is 0 Å². The van der Waals surface area contributed by atoms with Gasteiger partial charge in [0.05, 0.1) is 25.7 Å². The molecule has 2 aliphatic heterocycles. The molecule has 0 saturated heterocycles. The number of methoxy groups -OCH3 is 1. The Bertz CT molecular complexity index is 1200. The highest BCUT2D eigenvalue weighted by molar-refractivity contribution is 5.93. The lowest BCUT2D eigenvalue weighted by molar-refractivity contribution is -0.123. The molecule has 0 saturated carbocycles. The highest BCUT2D eigenvalue weighted by atomic mass is 16.5. The summed E-state index contributed by atoms with van der Waals surface area (Å²) < 4.78 is 17.7. The van der Waals surface area contributed by atoms with Gasteiger partial charge >= 0.3 is 0 Å². The smallest absolute Gasteiger partial charge is 0.228 e. The number of ether oxygens (including phenoxy) is 3. The lowest BCUT2D eigenvalue weighted by Crippen LogP contribution is -2.34. The summed E-state index contributed by atoms with van der Waals surface area (Å²) in [5.41, 5.74) is 2.84. The van der Waals surface area contributed by atoms with Gasteiger partial charge in [-0.2, -0.15) is 0 Å². The van der Waals surface area contributed by atoms with Crippen LogP contribution in [0.2, 0.25) is 0 Å². The number of amides is 1.